The number of amides is 2. The zero-order valence-electron chi connectivity index (χ0n) is 14.3. The fourth-order valence-corrected chi connectivity index (χ4v) is 3.15. The molecule has 128 valence electrons. The number of urea groups is 1. The number of halogens is 1. The van der Waals surface area contributed by atoms with Crippen molar-refractivity contribution in [1.82, 2.24) is 15.1 Å². The van der Waals surface area contributed by atoms with Crippen molar-refractivity contribution in [3.8, 4) is 0 Å². The highest BCUT2D eigenvalue weighted by Gasteiger charge is 2.31. The van der Waals surface area contributed by atoms with Crippen LogP contribution < -0.4 is 5.32 Å². The second-order valence-electron chi connectivity index (χ2n) is 6.88. The van der Waals surface area contributed by atoms with Crippen LogP contribution in [0.15, 0.2) is 24.3 Å². The van der Waals surface area contributed by atoms with E-state index in [0.29, 0.717) is 23.8 Å². The maximum absolute atomic E-state index is 12.6. The lowest BCUT2D eigenvalue weighted by molar-refractivity contribution is 0.205. The molecule has 2 aromatic rings. The van der Waals surface area contributed by atoms with E-state index in [1.807, 2.05) is 17.0 Å². The van der Waals surface area contributed by atoms with Crippen LogP contribution in [0, 0.1) is 0 Å². The van der Waals surface area contributed by atoms with E-state index < -0.39 is 0 Å². The molecule has 1 aromatic carbocycles. The predicted molar refractivity (Wildman–Crippen MR) is 96.5 cm³/mol. The summed E-state index contributed by atoms with van der Waals surface area (Å²) in [5, 5.41) is 11.2. The molecule has 0 unspecified atom stereocenters. The van der Waals surface area contributed by atoms with Gasteiger partial charge in [-0.05, 0) is 24.6 Å². The number of nitrogens with one attached hydrogen (secondary N) is 2. The number of benzene rings is 1. The summed E-state index contributed by atoms with van der Waals surface area (Å²) in [5.41, 5.74) is 4.09. The van der Waals surface area contributed by atoms with Crippen LogP contribution in [0.1, 0.15) is 44.1 Å². The summed E-state index contributed by atoms with van der Waals surface area (Å²) < 4.78 is 0. The molecule has 5 nitrogen and oxygen atoms in total. The highest BCUT2D eigenvalue weighted by Crippen LogP contribution is 2.32. The lowest BCUT2D eigenvalue weighted by Gasteiger charge is -2.30. The summed E-state index contributed by atoms with van der Waals surface area (Å²) in [7, 11) is 0. The summed E-state index contributed by atoms with van der Waals surface area (Å²) in [6, 6.07) is 7.09. The number of aromatic amines is 1. The highest BCUT2D eigenvalue weighted by atomic mass is 35.5. The van der Waals surface area contributed by atoms with Gasteiger partial charge in [0.05, 0.1) is 12.2 Å². The second-order valence-corrected chi connectivity index (χ2v) is 7.32. The number of hydrogen-bond acceptors (Lipinski definition) is 2. The maximum Gasteiger partial charge on any atom is 0.322 e. The van der Waals surface area contributed by atoms with E-state index in [2.05, 4.69) is 36.3 Å². The van der Waals surface area contributed by atoms with Crippen LogP contribution in [0.3, 0.4) is 0 Å². The molecular formula is C18H23ClN4O. The number of hydrogen-bond donors (Lipinski definition) is 2. The zero-order chi connectivity index (χ0) is 17.3. The molecule has 2 amide bonds. The summed E-state index contributed by atoms with van der Waals surface area (Å²) >= 11 is 5.98. The fraction of sp³-hybridized carbons (Fsp3) is 0.444. The Morgan fingerprint density at radius 3 is 2.96 bits per heavy atom. The normalized spacial score (nSPS) is 14.4. The summed E-state index contributed by atoms with van der Waals surface area (Å²) in [4.78, 5) is 14.4. The van der Waals surface area contributed by atoms with Gasteiger partial charge in [0.15, 0.2) is 0 Å². The van der Waals surface area contributed by atoms with Crippen molar-refractivity contribution < 1.29 is 4.79 Å². The molecule has 0 saturated heterocycles. The Balaban J connectivity index is 1.77. The molecule has 3 rings (SSSR count). The van der Waals surface area contributed by atoms with Crippen molar-refractivity contribution in [1.29, 1.82) is 0 Å². The van der Waals surface area contributed by atoms with Gasteiger partial charge >= 0.3 is 6.03 Å². The van der Waals surface area contributed by atoms with Crippen molar-refractivity contribution in [3.63, 3.8) is 0 Å². The minimum atomic E-state index is -0.107. The summed E-state index contributed by atoms with van der Waals surface area (Å²) in [6.45, 7) is 7.79. The van der Waals surface area contributed by atoms with Crippen LogP contribution in [-0.4, -0.2) is 27.7 Å². The minimum absolute atomic E-state index is 0.00345. The summed E-state index contributed by atoms with van der Waals surface area (Å²) in [5.74, 6) is 0. The highest BCUT2D eigenvalue weighted by molar-refractivity contribution is 6.30. The Kier molecular flexibility index (Phi) is 4.54. The molecule has 0 aliphatic carbocycles. The van der Waals surface area contributed by atoms with Crippen molar-refractivity contribution in [2.75, 3.05) is 11.9 Å². The van der Waals surface area contributed by atoms with Crippen molar-refractivity contribution in [2.24, 2.45) is 0 Å². The van der Waals surface area contributed by atoms with E-state index in [9.17, 15) is 4.79 Å². The van der Waals surface area contributed by atoms with Crippen LogP contribution in [0.4, 0.5) is 10.5 Å². The van der Waals surface area contributed by atoms with Crippen LogP contribution in [0.2, 0.25) is 5.02 Å². The largest absolute Gasteiger partial charge is 0.322 e. The van der Waals surface area contributed by atoms with Crippen LogP contribution in [-0.2, 0) is 18.4 Å². The second kappa shape index (κ2) is 6.48. The molecule has 2 heterocycles. The van der Waals surface area contributed by atoms with Crippen molar-refractivity contribution in [3.05, 3.63) is 46.2 Å². The van der Waals surface area contributed by atoms with Gasteiger partial charge in [0.2, 0.25) is 0 Å². The maximum atomic E-state index is 12.6. The van der Waals surface area contributed by atoms with Gasteiger partial charge in [0.1, 0.15) is 0 Å². The van der Waals surface area contributed by atoms with E-state index in [1.165, 1.54) is 0 Å². The minimum Gasteiger partial charge on any atom is -0.320 e. The van der Waals surface area contributed by atoms with Crippen molar-refractivity contribution >= 4 is 23.3 Å². The quantitative estimate of drug-likeness (QED) is 0.868. The zero-order valence-corrected chi connectivity index (χ0v) is 15.1. The number of anilines is 1. The third-order valence-corrected chi connectivity index (χ3v) is 5.06. The molecule has 0 saturated carbocycles. The van der Waals surface area contributed by atoms with E-state index in [0.717, 1.165) is 29.8 Å². The van der Waals surface area contributed by atoms with Gasteiger partial charge in [-0.25, -0.2) is 4.79 Å². The lowest BCUT2D eigenvalue weighted by atomic mass is 9.83. The van der Waals surface area contributed by atoms with Crippen LogP contribution >= 0.6 is 11.6 Å². The molecule has 24 heavy (non-hydrogen) atoms. The Morgan fingerprint density at radius 2 is 2.25 bits per heavy atom. The first kappa shape index (κ1) is 16.8. The van der Waals surface area contributed by atoms with Gasteiger partial charge in [-0.2, -0.15) is 5.10 Å². The molecule has 1 aliphatic heterocycles. The topological polar surface area (TPSA) is 61.0 Å². The molecule has 0 radical (unpaired) electrons. The Hall–Kier alpha value is -2.01. The van der Waals surface area contributed by atoms with E-state index in [-0.39, 0.29) is 11.4 Å². The van der Waals surface area contributed by atoms with E-state index in [1.54, 1.807) is 12.1 Å². The van der Waals surface area contributed by atoms with Gasteiger partial charge < -0.3 is 10.2 Å². The molecule has 0 atom stereocenters. The summed E-state index contributed by atoms with van der Waals surface area (Å²) in [6.07, 6.45) is 1.80. The first-order chi connectivity index (χ1) is 11.4. The number of nitrogens with zero attached hydrogens (tertiary/aromatic N) is 2. The first-order valence-electron chi connectivity index (χ1n) is 8.29. The number of aromatic nitrogens is 2. The van der Waals surface area contributed by atoms with Gasteiger partial charge in [0, 0.05) is 40.3 Å². The fourth-order valence-electron chi connectivity index (χ4n) is 2.96. The monoisotopic (exact) mass is 346 g/mol. The van der Waals surface area contributed by atoms with Gasteiger partial charge in [-0.3, -0.25) is 5.10 Å². The third kappa shape index (κ3) is 3.26. The number of carbonyl (C=O) groups excluding carboxylic acids is 1. The van der Waals surface area contributed by atoms with Crippen molar-refractivity contribution in [2.45, 2.75) is 45.6 Å². The number of carbonyl (C=O) groups is 1. The van der Waals surface area contributed by atoms with Gasteiger partial charge in [-0.15, -0.1) is 0 Å². The van der Waals surface area contributed by atoms with E-state index >= 15 is 0 Å². The number of fused-ring (bicyclic) bond motifs is 1. The number of H-pyrrole nitrogens is 1. The average Bonchev–Trinajstić information content (AvgIpc) is 2.98. The number of rotatable bonds is 3. The molecular weight excluding hydrogens is 324 g/mol. The Bertz CT molecular complexity index is 753. The van der Waals surface area contributed by atoms with E-state index in [4.69, 9.17) is 11.6 Å². The Labute approximate surface area is 147 Å². The molecule has 0 bridgehead atoms. The molecule has 6 heteroatoms. The molecule has 0 fully saturated rings. The lowest BCUT2D eigenvalue weighted by Crippen LogP contribution is -2.39. The van der Waals surface area contributed by atoms with Gasteiger partial charge in [-0.1, -0.05) is 38.4 Å². The average molecular weight is 347 g/mol. The third-order valence-electron chi connectivity index (χ3n) is 4.82. The van der Waals surface area contributed by atoms with Crippen LogP contribution in [0.5, 0.6) is 0 Å². The first-order valence-corrected chi connectivity index (χ1v) is 8.66. The molecule has 0 spiro atoms. The molecule has 2 N–H and O–H groups in total. The molecule has 1 aliphatic rings. The smallest absolute Gasteiger partial charge is 0.320 e. The predicted octanol–water partition coefficient (Wildman–Crippen LogP) is 4.34. The SMILES string of the molecule is CCC(C)(C)c1n[nH]c2c1CN(C(=O)Nc1cccc(Cl)c1)CC2. The van der Waals surface area contributed by atoms with Crippen LogP contribution in [0.25, 0.3) is 0 Å². The van der Waals surface area contributed by atoms with Gasteiger partial charge in [0.25, 0.3) is 0 Å². The molecule has 1 aromatic heterocycles. The standard InChI is InChI=1S/C18H23ClN4O/c1-4-18(2,3)16-14-11-23(9-8-15(14)21-22-16)17(24)20-13-7-5-6-12(19)10-13/h5-7,10H,4,8-9,11H2,1-3H3,(H,20,24)(H,21,22). The Morgan fingerprint density at radius 1 is 1.46 bits per heavy atom.